The molecule has 3 heterocycles. The van der Waals surface area contributed by atoms with Gasteiger partial charge in [0.1, 0.15) is 10.8 Å². The van der Waals surface area contributed by atoms with Crippen molar-refractivity contribution in [1.29, 1.82) is 0 Å². The van der Waals surface area contributed by atoms with Gasteiger partial charge in [-0.05, 0) is 50.1 Å². The second kappa shape index (κ2) is 7.46. The molecule has 5 rings (SSSR count). The van der Waals surface area contributed by atoms with Gasteiger partial charge < -0.3 is 0 Å². The number of aromatic nitrogens is 6. The highest BCUT2D eigenvalue weighted by Gasteiger charge is 2.16. The maximum absolute atomic E-state index is 13.6. The first-order chi connectivity index (χ1) is 14.6. The number of hydrogen-bond donors (Lipinski definition) is 0. The number of aryl methyl sites for hydroxylation is 2. The maximum atomic E-state index is 13.6. The molecule has 150 valence electrons. The summed E-state index contributed by atoms with van der Waals surface area (Å²) in [6.07, 6.45) is 1.61. The molecule has 0 spiro atoms. The van der Waals surface area contributed by atoms with Crippen molar-refractivity contribution < 1.29 is 4.39 Å². The fourth-order valence-electron chi connectivity index (χ4n) is 3.65. The third-order valence-electron chi connectivity index (χ3n) is 5.15. The first-order valence-corrected chi connectivity index (χ1v) is 10.5. The SMILES string of the molecule is Cc1nn(-c2ccccc2)c(C)c1CCc1nn2c(-c3cccc(F)c3)nnc2s1. The summed E-state index contributed by atoms with van der Waals surface area (Å²) in [4.78, 5) is 0.706. The highest BCUT2D eigenvalue weighted by molar-refractivity contribution is 7.16. The molecule has 0 saturated heterocycles. The van der Waals surface area contributed by atoms with Gasteiger partial charge in [-0.15, -0.1) is 10.2 Å². The Hall–Kier alpha value is -3.39. The van der Waals surface area contributed by atoms with Gasteiger partial charge in [0, 0.05) is 17.7 Å². The molecule has 6 nitrogen and oxygen atoms in total. The third-order valence-corrected chi connectivity index (χ3v) is 6.10. The normalized spacial score (nSPS) is 11.4. The zero-order valence-electron chi connectivity index (χ0n) is 16.6. The fourth-order valence-corrected chi connectivity index (χ4v) is 4.49. The van der Waals surface area contributed by atoms with Crippen LogP contribution >= 0.6 is 11.3 Å². The highest BCUT2D eigenvalue weighted by atomic mass is 32.1. The van der Waals surface area contributed by atoms with Crippen LogP contribution in [-0.4, -0.2) is 29.6 Å². The van der Waals surface area contributed by atoms with Crippen LogP contribution in [0.4, 0.5) is 4.39 Å². The number of rotatable bonds is 5. The maximum Gasteiger partial charge on any atom is 0.234 e. The van der Waals surface area contributed by atoms with E-state index in [1.54, 1.807) is 10.6 Å². The van der Waals surface area contributed by atoms with Gasteiger partial charge in [-0.25, -0.2) is 9.07 Å². The van der Waals surface area contributed by atoms with E-state index < -0.39 is 0 Å². The van der Waals surface area contributed by atoms with E-state index in [1.807, 2.05) is 35.9 Å². The van der Waals surface area contributed by atoms with Crippen LogP contribution < -0.4 is 0 Å². The molecule has 0 bridgehead atoms. The Kier molecular flexibility index (Phi) is 4.63. The largest absolute Gasteiger partial charge is 0.238 e. The fraction of sp³-hybridized carbons (Fsp3) is 0.182. The molecular weight excluding hydrogens is 399 g/mol. The van der Waals surface area contributed by atoms with E-state index in [0.29, 0.717) is 16.3 Å². The van der Waals surface area contributed by atoms with Crippen LogP contribution in [0.3, 0.4) is 0 Å². The molecule has 0 unspecified atom stereocenters. The van der Waals surface area contributed by atoms with Gasteiger partial charge in [0.25, 0.3) is 0 Å². The molecule has 0 aliphatic rings. The van der Waals surface area contributed by atoms with Crippen LogP contribution in [0, 0.1) is 19.7 Å². The summed E-state index contributed by atoms with van der Waals surface area (Å²) in [6, 6.07) is 16.5. The molecule has 0 radical (unpaired) electrons. The molecule has 0 N–H and O–H groups in total. The van der Waals surface area contributed by atoms with Crippen molar-refractivity contribution in [2.75, 3.05) is 0 Å². The molecule has 3 aromatic heterocycles. The molecule has 0 saturated carbocycles. The lowest BCUT2D eigenvalue weighted by molar-refractivity contribution is 0.628. The zero-order chi connectivity index (χ0) is 20.7. The van der Waals surface area contributed by atoms with Gasteiger partial charge in [0.05, 0.1) is 11.4 Å². The van der Waals surface area contributed by atoms with Gasteiger partial charge in [0.15, 0.2) is 5.82 Å². The number of hydrogen-bond acceptors (Lipinski definition) is 5. The summed E-state index contributed by atoms with van der Waals surface area (Å²) in [7, 11) is 0. The number of nitrogens with zero attached hydrogens (tertiary/aromatic N) is 6. The molecular formula is C22H19FN6S. The monoisotopic (exact) mass is 418 g/mol. The Bertz CT molecular complexity index is 1330. The van der Waals surface area contributed by atoms with Gasteiger partial charge in [0.2, 0.25) is 4.96 Å². The van der Waals surface area contributed by atoms with Crippen molar-refractivity contribution in [2.45, 2.75) is 26.7 Å². The average molecular weight is 419 g/mol. The Balaban J connectivity index is 1.41. The zero-order valence-corrected chi connectivity index (χ0v) is 17.4. The minimum atomic E-state index is -0.305. The van der Waals surface area contributed by atoms with Crippen molar-refractivity contribution in [2.24, 2.45) is 0 Å². The first kappa shape index (κ1) is 18.6. The van der Waals surface area contributed by atoms with Crippen molar-refractivity contribution in [3.8, 4) is 17.1 Å². The van der Waals surface area contributed by atoms with Crippen LogP contribution in [0.2, 0.25) is 0 Å². The highest BCUT2D eigenvalue weighted by Crippen LogP contribution is 2.24. The molecule has 0 amide bonds. The summed E-state index contributed by atoms with van der Waals surface area (Å²) in [5.74, 6) is 0.248. The van der Waals surface area contributed by atoms with Gasteiger partial charge >= 0.3 is 0 Å². The summed E-state index contributed by atoms with van der Waals surface area (Å²) < 4.78 is 17.3. The molecule has 8 heteroatoms. The summed E-state index contributed by atoms with van der Waals surface area (Å²) in [6.45, 7) is 4.14. The van der Waals surface area contributed by atoms with E-state index in [-0.39, 0.29) is 5.82 Å². The molecule has 30 heavy (non-hydrogen) atoms. The quantitative estimate of drug-likeness (QED) is 0.419. The molecule has 2 aromatic carbocycles. The third kappa shape index (κ3) is 3.29. The predicted molar refractivity (Wildman–Crippen MR) is 114 cm³/mol. The smallest absolute Gasteiger partial charge is 0.234 e. The second-order valence-corrected chi connectivity index (χ2v) is 8.16. The molecule has 0 fully saturated rings. The van der Waals surface area contributed by atoms with Crippen molar-refractivity contribution in [1.82, 2.24) is 29.6 Å². The number of para-hydroxylation sites is 1. The Morgan fingerprint density at radius 1 is 0.933 bits per heavy atom. The van der Waals surface area contributed by atoms with Crippen LogP contribution in [-0.2, 0) is 12.8 Å². The lowest BCUT2D eigenvalue weighted by Crippen LogP contribution is -2.00. The number of fused-ring (bicyclic) bond motifs is 1. The Morgan fingerprint density at radius 2 is 1.77 bits per heavy atom. The Labute approximate surface area is 176 Å². The number of benzene rings is 2. The van der Waals surface area contributed by atoms with Crippen LogP contribution in [0.5, 0.6) is 0 Å². The van der Waals surface area contributed by atoms with Gasteiger partial charge in [-0.3, -0.25) is 0 Å². The Morgan fingerprint density at radius 3 is 2.57 bits per heavy atom. The number of halogens is 1. The van der Waals surface area contributed by atoms with E-state index in [2.05, 4.69) is 34.4 Å². The molecule has 0 aliphatic heterocycles. The van der Waals surface area contributed by atoms with Crippen LogP contribution in [0.25, 0.3) is 22.0 Å². The van der Waals surface area contributed by atoms with Gasteiger partial charge in [-0.2, -0.15) is 14.7 Å². The topological polar surface area (TPSA) is 60.9 Å². The van der Waals surface area contributed by atoms with Crippen molar-refractivity contribution in [3.63, 3.8) is 0 Å². The minimum Gasteiger partial charge on any atom is -0.238 e. The minimum absolute atomic E-state index is 0.305. The predicted octanol–water partition coefficient (Wildman–Crippen LogP) is 4.58. The summed E-state index contributed by atoms with van der Waals surface area (Å²) in [5.41, 5.74) is 5.12. The molecule has 0 aliphatic carbocycles. The van der Waals surface area contributed by atoms with Gasteiger partial charge in [-0.1, -0.05) is 41.7 Å². The lowest BCUT2D eigenvalue weighted by atomic mass is 10.1. The standard InChI is InChI=1S/C22H19FN6S/c1-14-19(15(2)28(26-14)18-9-4-3-5-10-18)11-12-20-27-29-21(24-25-22(29)30-20)16-7-6-8-17(23)13-16/h3-10,13H,11-12H2,1-2H3. The second-order valence-electron chi connectivity index (χ2n) is 7.12. The summed E-state index contributed by atoms with van der Waals surface area (Å²) >= 11 is 1.51. The van der Waals surface area contributed by atoms with Crippen molar-refractivity contribution >= 4 is 16.3 Å². The van der Waals surface area contributed by atoms with Crippen LogP contribution in [0.1, 0.15) is 22.0 Å². The molecule has 0 atom stereocenters. The molecule has 5 aromatic rings. The van der Waals surface area contributed by atoms with E-state index >= 15 is 0 Å². The average Bonchev–Trinajstić information content (AvgIpc) is 3.40. The summed E-state index contributed by atoms with van der Waals surface area (Å²) in [5, 5.41) is 18.7. The van der Waals surface area contributed by atoms with E-state index in [4.69, 9.17) is 5.10 Å². The van der Waals surface area contributed by atoms with Crippen LogP contribution in [0.15, 0.2) is 54.6 Å². The van der Waals surface area contributed by atoms with E-state index in [1.165, 1.54) is 29.0 Å². The lowest BCUT2D eigenvalue weighted by Gasteiger charge is -2.04. The van der Waals surface area contributed by atoms with E-state index in [9.17, 15) is 4.39 Å². The van der Waals surface area contributed by atoms with E-state index in [0.717, 1.165) is 34.9 Å². The first-order valence-electron chi connectivity index (χ1n) is 9.68. The van der Waals surface area contributed by atoms with Crippen molar-refractivity contribution in [3.05, 3.63) is 82.4 Å².